The minimum atomic E-state index is -0.757. The molecule has 2 fully saturated rings. The summed E-state index contributed by atoms with van der Waals surface area (Å²) in [4.78, 5) is 22.4. The van der Waals surface area contributed by atoms with E-state index in [-0.39, 0.29) is 17.7 Å². The number of aliphatic carboxylic acids is 1. The molecule has 4 heteroatoms. The Balaban J connectivity index is 1.73. The van der Waals surface area contributed by atoms with Crippen molar-refractivity contribution in [3.05, 3.63) is 0 Å². The molecule has 1 amide bonds. The SMILES string of the molecule is O=C(O)C1CCC(C(=O)NCC2CC2)C1. The predicted octanol–water partition coefficient (Wildman–Crippen LogP) is 1.01. The maximum Gasteiger partial charge on any atom is 0.306 e. The zero-order valence-electron chi connectivity index (χ0n) is 8.74. The third kappa shape index (κ3) is 2.70. The van der Waals surface area contributed by atoms with Gasteiger partial charge in [-0.25, -0.2) is 0 Å². The molecule has 4 nitrogen and oxygen atoms in total. The lowest BCUT2D eigenvalue weighted by Crippen LogP contribution is -2.31. The number of rotatable bonds is 4. The van der Waals surface area contributed by atoms with Gasteiger partial charge in [0.1, 0.15) is 0 Å². The van der Waals surface area contributed by atoms with E-state index in [2.05, 4.69) is 5.32 Å². The Morgan fingerprint density at radius 1 is 1.13 bits per heavy atom. The van der Waals surface area contributed by atoms with Crippen LogP contribution < -0.4 is 5.32 Å². The zero-order chi connectivity index (χ0) is 10.8. The number of nitrogens with one attached hydrogen (secondary N) is 1. The van der Waals surface area contributed by atoms with Crippen molar-refractivity contribution in [1.29, 1.82) is 0 Å². The van der Waals surface area contributed by atoms with E-state index in [0.29, 0.717) is 18.8 Å². The molecule has 2 aliphatic carbocycles. The van der Waals surface area contributed by atoms with Gasteiger partial charge in [-0.15, -0.1) is 0 Å². The first-order valence-corrected chi connectivity index (χ1v) is 5.67. The van der Waals surface area contributed by atoms with Crippen LogP contribution >= 0.6 is 0 Å². The zero-order valence-corrected chi connectivity index (χ0v) is 8.74. The van der Waals surface area contributed by atoms with Crippen LogP contribution in [0.1, 0.15) is 32.1 Å². The minimum absolute atomic E-state index is 0.0608. The Hall–Kier alpha value is -1.06. The molecule has 0 aromatic heterocycles. The molecule has 2 unspecified atom stereocenters. The van der Waals surface area contributed by atoms with Gasteiger partial charge in [-0.1, -0.05) is 0 Å². The molecule has 2 rings (SSSR count). The van der Waals surface area contributed by atoms with Crippen LogP contribution in [0.2, 0.25) is 0 Å². The summed E-state index contributed by atoms with van der Waals surface area (Å²) in [5.74, 6) is -0.379. The highest BCUT2D eigenvalue weighted by molar-refractivity contribution is 5.80. The topological polar surface area (TPSA) is 66.4 Å². The Morgan fingerprint density at radius 3 is 2.33 bits per heavy atom. The quantitative estimate of drug-likeness (QED) is 0.729. The fourth-order valence-corrected chi connectivity index (χ4v) is 2.16. The van der Waals surface area contributed by atoms with Crippen LogP contribution in [0.25, 0.3) is 0 Å². The number of carbonyl (C=O) groups excluding carboxylic acids is 1. The molecule has 0 heterocycles. The monoisotopic (exact) mass is 211 g/mol. The average molecular weight is 211 g/mol. The summed E-state index contributed by atoms with van der Waals surface area (Å²) < 4.78 is 0. The van der Waals surface area contributed by atoms with Gasteiger partial charge in [0, 0.05) is 12.5 Å². The van der Waals surface area contributed by atoms with Crippen molar-refractivity contribution in [3.63, 3.8) is 0 Å². The van der Waals surface area contributed by atoms with E-state index in [1.54, 1.807) is 0 Å². The number of carboxylic acids is 1. The van der Waals surface area contributed by atoms with E-state index < -0.39 is 5.97 Å². The highest BCUT2D eigenvalue weighted by Gasteiger charge is 2.34. The van der Waals surface area contributed by atoms with Crippen molar-refractivity contribution in [2.24, 2.45) is 17.8 Å². The summed E-state index contributed by atoms with van der Waals surface area (Å²) in [6, 6.07) is 0. The Kier molecular flexibility index (Phi) is 2.93. The van der Waals surface area contributed by atoms with Crippen LogP contribution in [0.15, 0.2) is 0 Å². The van der Waals surface area contributed by atoms with Crippen molar-refractivity contribution in [3.8, 4) is 0 Å². The summed E-state index contributed by atoms with van der Waals surface area (Å²) in [5, 5.41) is 11.7. The molecule has 0 aromatic carbocycles. The summed E-state index contributed by atoms with van der Waals surface area (Å²) in [6.45, 7) is 0.785. The van der Waals surface area contributed by atoms with Crippen LogP contribution in [0, 0.1) is 17.8 Å². The van der Waals surface area contributed by atoms with Crippen LogP contribution in [-0.4, -0.2) is 23.5 Å². The molecule has 0 aromatic rings. The maximum atomic E-state index is 11.6. The van der Waals surface area contributed by atoms with Crippen molar-refractivity contribution < 1.29 is 14.7 Å². The molecule has 2 saturated carbocycles. The highest BCUT2D eigenvalue weighted by atomic mass is 16.4. The van der Waals surface area contributed by atoms with Crippen molar-refractivity contribution in [2.75, 3.05) is 6.54 Å². The normalized spacial score (nSPS) is 30.1. The first-order chi connectivity index (χ1) is 7.16. The summed E-state index contributed by atoms with van der Waals surface area (Å²) >= 11 is 0. The largest absolute Gasteiger partial charge is 0.481 e. The van der Waals surface area contributed by atoms with Crippen molar-refractivity contribution >= 4 is 11.9 Å². The van der Waals surface area contributed by atoms with E-state index in [1.807, 2.05) is 0 Å². The highest BCUT2D eigenvalue weighted by Crippen LogP contribution is 2.32. The molecule has 0 saturated heterocycles. The number of carboxylic acid groups (broad SMARTS) is 1. The molecule has 15 heavy (non-hydrogen) atoms. The van der Waals surface area contributed by atoms with E-state index in [0.717, 1.165) is 13.0 Å². The van der Waals surface area contributed by atoms with Crippen LogP contribution in [-0.2, 0) is 9.59 Å². The molecule has 84 valence electrons. The third-order valence-corrected chi connectivity index (χ3v) is 3.41. The summed E-state index contributed by atoms with van der Waals surface area (Å²) in [6.07, 6.45) is 4.35. The lowest BCUT2D eigenvalue weighted by molar-refractivity contribution is -0.141. The van der Waals surface area contributed by atoms with Gasteiger partial charge in [0.25, 0.3) is 0 Å². The molecule has 0 bridgehead atoms. The van der Waals surface area contributed by atoms with Gasteiger partial charge in [-0.3, -0.25) is 9.59 Å². The lowest BCUT2D eigenvalue weighted by atomic mass is 10.0. The van der Waals surface area contributed by atoms with Gasteiger partial charge in [0.15, 0.2) is 0 Å². The van der Waals surface area contributed by atoms with E-state index >= 15 is 0 Å². The van der Waals surface area contributed by atoms with Gasteiger partial charge in [-0.2, -0.15) is 0 Å². The second kappa shape index (κ2) is 4.21. The molecule has 2 atom stereocenters. The number of amides is 1. The Morgan fingerprint density at radius 2 is 1.80 bits per heavy atom. The van der Waals surface area contributed by atoms with Gasteiger partial charge in [-0.05, 0) is 38.0 Å². The molecule has 2 N–H and O–H groups in total. The smallest absolute Gasteiger partial charge is 0.306 e. The molecular formula is C11H17NO3. The van der Waals surface area contributed by atoms with Crippen molar-refractivity contribution in [1.82, 2.24) is 5.32 Å². The molecule has 2 aliphatic rings. The molecular weight excluding hydrogens is 194 g/mol. The molecule has 0 aliphatic heterocycles. The van der Waals surface area contributed by atoms with Crippen molar-refractivity contribution in [2.45, 2.75) is 32.1 Å². The van der Waals surface area contributed by atoms with Crippen LogP contribution in [0.5, 0.6) is 0 Å². The van der Waals surface area contributed by atoms with E-state index in [9.17, 15) is 9.59 Å². The number of carbonyl (C=O) groups is 2. The fraction of sp³-hybridized carbons (Fsp3) is 0.818. The van der Waals surface area contributed by atoms with Crippen LogP contribution in [0.4, 0.5) is 0 Å². The maximum absolute atomic E-state index is 11.6. The Labute approximate surface area is 89.0 Å². The second-order valence-electron chi connectivity index (χ2n) is 4.73. The van der Waals surface area contributed by atoms with Gasteiger partial charge in [0.05, 0.1) is 5.92 Å². The first kappa shape index (κ1) is 10.5. The minimum Gasteiger partial charge on any atom is -0.481 e. The fourth-order valence-electron chi connectivity index (χ4n) is 2.16. The Bertz CT molecular complexity index is 273. The number of hydrogen-bond donors (Lipinski definition) is 2. The standard InChI is InChI=1S/C11H17NO3/c13-10(12-6-7-1-2-7)8-3-4-9(5-8)11(14)15/h7-9H,1-6H2,(H,12,13)(H,14,15). The average Bonchev–Trinajstić information content (AvgIpc) is 2.88. The second-order valence-corrected chi connectivity index (χ2v) is 4.73. The summed E-state index contributed by atoms with van der Waals surface area (Å²) in [5.41, 5.74) is 0. The summed E-state index contributed by atoms with van der Waals surface area (Å²) in [7, 11) is 0. The predicted molar refractivity (Wildman–Crippen MR) is 54.2 cm³/mol. The molecule has 0 spiro atoms. The third-order valence-electron chi connectivity index (χ3n) is 3.41. The molecule has 0 radical (unpaired) electrons. The first-order valence-electron chi connectivity index (χ1n) is 5.67. The van der Waals surface area contributed by atoms with Gasteiger partial charge < -0.3 is 10.4 Å². The van der Waals surface area contributed by atoms with Crippen LogP contribution in [0.3, 0.4) is 0 Å². The number of hydrogen-bond acceptors (Lipinski definition) is 2. The van der Waals surface area contributed by atoms with Gasteiger partial charge in [0.2, 0.25) is 5.91 Å². The van der Waals surface area contributed by atoms with E-state index in [1.165, 1.54) is 12.8 Å². The van der Waals surface area contributed by atoms with Gasteiger partial charge >= 0.3 is 5.97 Å². The lowest BCUT2D eigenvalue weighted by Gasteiger charge is -2.09. The van der Waals surface area contributed by atoms with E-state index in [4.69, 9.17) is 5.11 Å².